The van der Waals surface area contributed by atoms with Crippen LogP contribution >= 0.6 is 0 Å². The molecule has 4 N–H and O–H groups in total. The Balaban J connectivity index is 3.05. The minimum Gasteiger partial charge on any atom is -0.497 e. The van der Waals surface area contributed by atoms with E-state index in [0.29, 0.717) is 30.0 Å². The van der Waals surface area contributed by atoms with E-state index in [1.807, 2.05) is 0 Å². The predicted octanol–water partition coefficient (Wildman–Crippen LogP) is 1.04. The molecule has 5 nitrogen and oxygen atoms in total. The van der Waals surface area contributed by atoms with Crippen molar-refractivity contribution in [2.24, 2.45) is 5.73 Å². The highest BCUT2D eigenvalue weighted by Gasteiger charge is 2.13. The van der Waals surface area contributed by atoms with Gasteiger partial charge >= 0.3 is 0 Å². The minimum atomic E-state index is -0.687. The number of hydrogen-bond acceptors (Lipinski definition) is 4. The molecule has 1 amide bonds. The number of aliphatic hydroxyl groups is 1. The van der Waals surface area contributed by atoms with Gasteiger partial charge in [-0.15, -0.1) is 0 Å². The van der Waals surface area contributed by atoms with Gasteiger partial charge in [-0.1, -0.05) is 6.07 Å². The number of methoxy groups -OCH3 is 1. The van der Waals surface area contributed by atoms with Gasteiger partial charge in [0.15, 0.2) is 0 Å². The van der Waals surface area contributed by atoms with Crippen LogP contribution in [0.2, 0.25) is 0 Å². The van der Waals surface area contributed by atoms with Gasteiger partial charge in [-0.05, 0) is 19.0 Å². The third-order valence-electron chi connectivity index (χ3n) is 2.37. The smallest absolute Gasteiger partial charge is 0.221 e. The normalized spacial score (nSPS) is 12.0. The summed E-state index contributed by atoms with van der Waals surface area (Å²) in [5.41, 5.74) is 6.60. The molecule has 1 atom stereocenters. The Bertz CT molecular complexity index is 393. The second-order valence-electron chi connectivity index (χ2n) is 3.73. The van der Waals surface area contributed by atoms with Gasteiger partial charge in [0.1, 0.15) is 5.75 Å². The molecule has 0 saturated carbocycles. The third kappa shape index (κ3) is 3.72. The summed E-state index contributed by atoms with van der Waals surface area (Å²) < 4.78 is 5.07. The van der Waals surface area contributed by atoms with Crippen molar-refractivity contribution in [3.63, 3.8) is 0 Å². The molecule has 0 heterocycles. The van der Waals surface area contributed by atoms with Gasteiger partial charge in [0.05, 0.1) is 18.9 Å². The first-order chi connectivity index (χ1) is 8.08. The Morgan fingerprint density at radius 1 is 1.59 bits per heavy atom. The van der Waals surface area contributed by atoms with E-state index in [-0.39, 0.29) is 5.91 Å². The number of nitrogens with one attached hydrogen (secondary N) is 1. The zero-order valence-electron chi connectivity index (χ0n) is 10.1. The largest absolute Gasteiger partial charge is 0.497 e. The topological polar surface area (TPSA) is 84.6 Å². The average molecular weight is 238 g/mol. The number of rotatable bonds is 5. The lowest BCUT2D eigenvalue weighted by molar-refractivity contribution is -0.114. The Hall–Kier alpha value is -1.59. The van der Waals surface area contributed by atoms with Crippen molar-refractivity contribution in [3.8, 4) is 5.75 Å². The van der Waals surface area contributed by atoms with E-state index < -0.39 is 6.10 Å². The van der Waals surface area contributed by atoms with Crippen molar-refractivity contribution in [1.82, 2.24) is 0 Å². The lowest BCUT2D eigenvalue weighted by Gasteiger charge is -2.16. The number of carbonyl (C=O) groups is 1. The van der Waals surface area contributed by atoms with E-state index in [0.717, 1.165) is 0 Å². The van der Waals surface area contributed by atoms with Crippen molar-refractivity contribution in [2.45, 2.75) is 19.4 Å². The maximum absolute atomic E-state index is 11.1. The summed E-state index contributed by atoms with van der Waals surface area (Å²) in [6.45, 7) is 1.80. The maximum atomic E-state index is 11.1. The van der Waals surface area contributed by atoms with Crippen molar-refractivity contribution in [1.29, 1.82) is 0 Å². The Morgan fingerprint density at radius 3 is 2.82 bits per heavy atom. The molecular formula is C12H18N2O3. The van der Waals surface area contributed by atoms with Crippen LogP contribution in [-0.4, -0.2) is 24.7 Å². The molecule has 0 radical (unpaired) electrons. The Morgan fingerprint density at radius 2 is 2.29 bits per heavy atom. The second kappa shape index (κ2) is 6.22. The first-order valence-electron chi connectivity index (χ1n) is 5.42. The molecule has 94 valence electrons. The fraction of sp³-hybridized carbons (Fsp3) is 0.417. The van der Waals surface area contributed by atoms with E-state index >= 15 is 0 Å². The number of ether oxygens (including phenoxy) is 1. The monoisotopic (exact) mass is 238 g/mol. The number of hydrogen-bond donors (Lipinski definition) is 3. The maximum Gasteiger partial charge on any atom is 0.221 e. The summed E-state index contributed by atoms with van der Waals surface area (Å²) in [4.78, 5) is 11.1. The molecule has 17 heavy (non-hydrogen) atoms. The first-order valence-corrected chi connectivity index (χ1v) is 5.42. The van der Waals surface area contributed by atoms with Crippen molar-refractivity contribution < 1.29 is 14.6 Å². The lowest BCUT2D eigenvalue weighted by atomic mass is 10.0. The van der Waals surface area contributed by atoms with Gasteiger partial charge in [0.2, 0.25) is 5.91 Å². The second-order valence-corrected chi connectivity index (χ2v) is 3.73. The molecule has 0 bridgehead atoms. The van der Waals surface area contributed by atoms with Gasteiger partial charge in [-0.25, -0.2) is 0 Å². The van der Waals surface area contributed by atoms with E-state index in [1.54, 1.807) is 25.3 Å². The van der Waals surface area contributed by atoms with Gasteiger partial charge in [0, 0.05) is 18.6 Å². The molecule has 1 unspecified atom stereocenters. The molecule has 0 saturated heterocycles. The SMILES string of the molecule is COc1ccc(C(O)CCN)c(NC(C)=O)c1. The number of anilines is 1. The molecule has 0 aliphatic rings. The van der Waals surface area contributed by atoms with Crippen molar-refractivity contribution in [2.75, 3.05) is 19.0 Å². The van der Waals surface area contributed by atoms with Crippen LogP contribution in [-0.2, 0) is 4.79 Å². The zero-order valence-corrected chi connectivity index (χ0v) is 10.1. The molecule has 0 spiro atoms. The summed E-state index contributed by atoms with van der Waals surface area (Å²) in [6, 6.07) is 5.14. The molecular weight excluding hydrogens is 220 g/mol. The molecule has 1 rings (SSSR count). The van der Waals surface area contributed by atoms with E-state index in [9.17, 15) is 9.90 Å². The number of carbonyl (C=O) groups excluding carboxylic acids is 1. The summed E-state index contributed by atoms with van der Waals surface area (Å²) in [7, 11) is 1.54. The Kier molecular flexibility index (Phi) is 4.93. The van der Waals surface area contributed by atoms with Crippen molar-refractivity contribution in [3.05, 3.63) is 23.8 Å². The molecule has 0 fully saturated rings. The van der Waals surface area contributed by atoms with Crippen LogP contribution in [0.4, 0.5) is 5.69 Å². The number of amides is 1. The van der Waals surface area contributed by atoms with Crippen LogP contribution in [0.25, 0.3) is 0 Å². The highest BCUT2D eigenvalue weighted by molar-refractivity contribution is 5.89. The highest BCUT2D eigenvalue weighted by Crippen LogP contribution is 2.29. The van der Waals surface area contributed by atoms with Crippen molar-refractivity contribution >= 4 is 11.6 Å². The fourth-order valence-corrected chi connectivity index (χ4v) is 1.56. The van der Waals surface area contributed by atoms with Gasteiger partial charge in [-0.3, -0.25) is 4.79 Å². The molecule has 1 aromatic rings. The van der Waals surface area contributed by atoms with Gasteiger partial charge in [-0.2, -0.15) is 0 Å². The highest BCUT2D eigenvalue weighted by atomic mass is 16.5. The number of aliphatic hydroxyl groups excluding tert-OH is 1. The fourth-order valence-electron chi connectivity index (χ4n) is 1.56. The minimum absolute atomic E-state index is 0.195. The van der Waals surface area contributed by atoms with Crippen LogP contribution in [0.15, 0.2) is 18.2 Å². The van der Waals surface area contributed by atoms with Gasteiger partial charge in [0.25, 0.3) is 0 Å². The summed E-state index contributed by atoms with van der Waals surface area (Å²) in [5, 5.41) is 12.6. The summed E-state index contributed by atoms with van der Waals surface area (Å²) in [6.07, 6.45) is -0.244. The first kappa shape index (κ1) is 13.5. The lowest BCUT2D eigenvalue weighted by Crippen LogP contribution is -2.12. The quantitative estimate of drug-likeness (QED) is 0.715. The third-order valence-corrected chi connectivity index (χ3v) is 2.37. The van der Waals surface area contributed by atoms with E-state index in [1.165, 1.54) is 6.92 Å². The van der Waals surface area contributed by atoms with E-state index in [4.69, 9.17) is 10.5 Å². The van der Waals surface area contributed by atoms with Crippen LogP contribution in [0.3, 0.4) is 0 Å². The van der Waals surface area contributed by atoms with Crippen LogP contribution in [0.5, 0.6) is 5.75 Å². The molecule has 5 heteroatoms. The summed E-state index contributed by atoms with van der Waals surface area (Å²) >= 11 is 0. The standard InChI is InChI=1S/C12H18N2O3/c1-8(15)14-11-7-9(17-2)3-4-10(11)12(16)5-6-13/h3-4,7,12,16H,5-6,13H2,1-2H3,(H,14,15). The number of nitrogens with two attached hydrogens (primary N) is 1. The average Bonchev–Trinajstić information content (AvgIpc) is 2.28. The Labute approximate surface area is 101 Å². The van der Waals surface area contributed by atoms with Crippen LogP contribution in [0.1, 0.15) is 25.0 Å². The summed E-state index contributed by atoms with van der Waals surface area (Å²) in [5.74, 6) is 0.428. The van der Waals surface area contributed by atoms with E-state index in [2.05, 4.69) is 5.32 Å². The predicted molar refractivity (Wildman–Crippen MR) is 65.9 cm³/mol. The van der Waals surface area contributed by atoms with Crippen LogP contribution < -0.4 is 15.8 Å². The molecule has 0 aromatic heterocycles. The zero-order chi connectivity index (χ0) is 12.8. The molecule has 0 aliphatic heterocycles. The van der Waals surface area contributed by atoms with Crippen LogP contribution in [0, 0.1) is 0 Å². The molecule has 1 aromatic carbocycles. The van der Waals surface area contributed by atoms with Gasteiger partial charge < -0.3 is 20.9 Å². The number of benzene rings is 1. The molecule has 0 aliphatic carbocycles.